The van der Waals surface area contributed by atoms with E-state index < -0.39 is 0 Å². The number of methoxy groups -OCH3 is 1. The quantitative estimate of drug-likeness (QED) is 0.926. The van der Waals surface area contributed by atoms with E-state index >= 15 is 0 Å². The van der Waals surface area contributed by atoms with Gasteiger partial charge in [0.25, 0.3) is 0 Å². The summed E-state index contributed by atoms with van der Waals surface area (Å²) in [5.41, 5.74) is 8.78. The maximum absolute atomic E-state index is 6.11. The lowest BCUT2D eigenvalue weighted by molar-refractivity contribution is 0.415. The zero-order valence-corrected chi connectivity index (χ0v) is 12.4. The molecule has 3 heteroatoms. The molecule has 0 saturated heterocycles. The summed E-state index contributed by atoms with van der Waals surface area (Å²) in [5.74, 6) is 2.15. The molecule has 1 unspecified atom stereocenters. The van der Waals surface area contributed by atoms with E-state index in [1.807, 2.05) is 6.07 Å². The summed E-state index contributed by atoms with van der Waals surface area (Å²) in [6, 6.07) is 6.32. The Morgan fingerprint density at radius 3 is 2.75 bits per heavy atom. The molecule has 0 amide bonds. The van der Waals surface area contributed by atoms with Crippen molar-refractivity contribution in [2.45, 2.75) is 31.6 Å². The average molecular weight is 272 g/mol. The molecule has 1 saturated carbocycles. The summed E-state index contributed by atoms with van der Waals surface area (Å²) in [5, 5.41) is 1.30. The Labute approximate surface area is 120 Å². The smallest absolute Gasteiger partial charge is 0.119 e. The predicted octanol–water partition coefficient (Wildman–Crippen LogP) is 3.42. The van der Waals surface area contributed by atoms with Gasteiger partial charge in [0.15, 0.2) is 0 Å². The van der Waals surface area contributed by atoms with E-state index in [0.29, 0.717) is 5.92 Å². The zero-order valence-electron chi connectivity index (χ0n) is 12.4. The molecular formula is C17H24N2O. The van der Waals surface area contributed by atoms with Crippen LogP contribution in [0.2, 0.25) is 0 Å². The van der Waals surface area contributed by atoms with Crippen molar-refractivity contribution in [3.8, 4) is 5.75 Å². The van der Waals surface area contributed by atoms with Crippen molar-refractivity contribution in [1.29, 1.82) is 0 Å². The van der Waals surface area contributed by atoms with Crippen molar-refractivity contribution in [3.63, 3.8) is 0 Å². The molecule has 1 atom stereocenters. The third-order valence-corrected chi connectivity index (χ3v) is 4.85. The number of nitrogens with two attached hydrogens (primary N) is 1. The number of ether oxygens (including phenoxy) is 1. The molecule has 20 heavy (non-hydrogen) atoms. The number of aromatic nitrogens is 1. The number of aryl methyl sites for hydroxylation is 1. The van der Waals surface area contributed by atoms with Crippen molar-refractivity contribution in [1.82, 2.24) is 4.57 Å². The summed E-state index contributed by atoms with van der Waals surface area (Å²) >= 11 is 0. The van der Waals surface area contributed by atoms with Crippen LogP contribution in [0.3, 0.4) is 0 Å². The standard InChI is InChI=1S/C17H24N2O/c1-19-11-16(15(10-18)12-5-3-4-6-12)14-9-13(20-2)7-8-17(14)19/h7-9,11-12,15H,3-6,10,18H2,1-2H3. The van der Waals surface area contributed by atoms with Crippen LogP contribution in [-0.4, -0.2) is 18.2 Å². The lowest BCUT2D eigenvalue weighted by Crippen LogP contribution is -2.19. The van der Waals surface area contributed by atoms with Crippen LogP contribution in [0, 0.1) is 5.92 Å². The lowest BCUT2D eigenvalue weighted by Gasteiger charge is -2.21. The summed E-state index contributed by atoms with van der Waals surface area (Å²) < 4.78 is 7.59. The maximum Gasteiger partial charge on any atom is 0.119 e. The van der Waals surface area contributed by atoms with Gasteiger partial charge in [0, 0.05) is 30.1 Å². The van der Waals surface area contributed by atoms with E-state index in [-0.39, 0.29) is 0 Å². The molecule has 0 aliphatic heterocycles. The fraction of sp³-hybridized carbons (Fsp3) is 0.529. The lowest BCUT2D eigenvalue weighted by atomic mass is 9.85. The van der Waals surface area contributed by atoms with E-state index in [1.54, 1.807) is 7.11 Å². The molecule has 1 aliphatic rings. The van der Waals surface area contributed by atoms with Crippen LogP contribution in [0.25, 0.3) is 10.9 Å². The first kappa shape index (κ1) is 13.5. The Morgan fingerprint density at radius 1 is 1.35 bits per heavy atom. The van der Waals surface area contributed by atoms with Gasteiger partial charge in [-0.3, -0.25) is 0 Å². The van der Waals surface area contributed by atoms with Gasteiger partial charge in [-0.05, 0) is 49.1 Å². The van der Waals surface area contributed by atoms with Gasteiger partial charge in [-0.25, -0.2) is 0 Å². The number of hydrogen-bond donors (Lipinski definition) is 1. The Bertz CT molecular complexity index is 596. The predicted molar refractivity (Wildman–Crippen MR) is 83.2 cm³/mol. The molecule has 0 bridgehead atoms. The molecule has 108 valence electrons. The molecule has 2 N–H and O–H groups in total. The van der Waals surface area contributed by atoms with Crippen LogP contribution >= 0.6 is 0 Å². The third-order valence-electron chi connectivity index (χ3n) is 4.85. The highest BCUT2D eigenvalue weighted by atomic mass is 16.5. The molecule has 1 aliphatic carbocycles. The van der Waals surface area contributed by atoms with E-state index in [0.717, 1.165) is 18.2 Å². The van der Waals surface area contributed by atoms with Gasteiger partial charge in [0.2, 0.25) is 0 Å². The minimum absolute atomic E-state index is 0.480. The van der Waals surface area contributed by atoms with Gasteiger partial charge in [-0.1, -0.05) is 12.8 Å². The van der Waals surface area contributed by atoms with Gasteiger partial charge in [-0.15, -0.1) is 0 Å². The average Bonchev–Trinajstić information content (AvgIpc) is 3.09. The molecule has 1 aromatic heterocycles. The van der Waals surface area contributed by atoms with Crippen molar-refractivity contribution in [2.75, 3.05) is 13.7 Å². The molecule has 0 spiro atoms. The van der Waals surface area contributed by atoms with Crippen LogP contribution in [0.1, 0.15) is 37.2 Å². The van der Waals surface area contributed by atoms with Gasteiger partial charge < -0.3 is 15.0 Å². The first-order valence-electron chi connectivity index (χ1n) is 7.57. The van der Waals surface area contributed by atoms with Crippen molar-refractivity contribution >= 4 is 10.9 Å². The summed E-state index contributed by atoms with van der Waals surface area (Å²) in [6.45, 7) is 0.737. The van der Waals surface area contributed by atoms with E-state index in [2.05, 4.69) is 29.9 Å². The molecule has 1 heterocycles. The van der Waals surface area contributed by atoms with Crippen molar-refractivity contribution in [2.24, 2.45) is 18.7 Å². The van der Waals surface area contributed by atoms with Crippen LogP contribution in [0.5, 0.6) is 5.75 Å². The number of nitrogens with zero attached hydrogens (tertiary/aromatic N) is 1. The van der Waals surface area contributed by atoms with E-state index in [9.17, 15) is 0 Å². The fourth-order valence-electron chi connectivity index (χ4n) is 3.76. The molecule has 1 aromatic carbocycles. The Kier molecular flexibility index (Phi) is 3.70. The molecular weight excluding hydrogens is 248 g/mol. The first-order valence-corrected chi connectivity index (χ1v) is 7.57. The zero-order chi connectivity index (χ0) is 14.1. The van der Waals surface area contributed by atoms with Crippen LogP contribution in [-0.2, 0) is 7.05 Å². The highest BCUT2D eigenvalue weighted by Gasteiger charge is 2.27. The number of benzene rings is 1. The Balaban J connectivity index is 2.08. The second kappa shape index (κ2) is 5.49. The molecule has 2 aromatic rings. The second-order valence-corrected chi connectivity index (χ2v) is 5.97. The molecule has 3 rings (SSSR count). The van der Waals surface area contributed by atoms with Crippen molar-refractivity contribution in [3.05, 3.63) is 30.0 Å². The Morgan fingerprint density at radius 2 is 2.10 bits per heavy atom. The fourth-order valence-corrected chi connectivity index (χ4v) is 3.76. The second-order valence-electron chi connectivity index (χ2n) is 5.97. The van der Waals surface area contributed by atoms with Crippen LogP contribution in [0.15, 0.2) is 24.4 Å². The minimum atomic E-state index is 0.480. The monoisotopic (exact) mass is 272 g/mol. The summed E-state index contributed by atoms with van der Waals surface area (Å²) in [6.07, 6.45) is 7.62. The third kappa shape index (κ3) is 2.20. The topological polar surface area (TPSA) is 40.2 Å². The van der Waals surface area contributed by atoms with E-state index in [4.69, 9.17) is 10.5 Å². The summed E-state index contributed by atoms with van der Waals surface area (Å²) in [4.78, 5) is 0. The highest BCUT2D eigenvalue weighted by Crippen LogP contribution is 2.40. The molecule has 1 fully saturated rings. The van der Waals surface area contributed by atoms with Gasteiger partial charge >= 0.3 is 0 Å². The minimum Gasteiger partial charge on any atom is -0.497 e. The Hall–Kier alpha value is -1.48. The van der Waals surface area contributed by atoms with Crippen LogP contribution in [0.4, 0.5) is 0 Å². The van der Waals surface area contributed by atoms with Gasteiger partial charge in [0.05, 0.1) is 7.11 Å². The van der Waals surface area contributed by atoms with Crippen molar-refractivity contribution < 1.29 is 4.74 Å². The van der Waals surface area contributed by atoms with Crippen LogP contribution < -0.4 is 10.5 Å². The first-order chi connectivity index (χ1) is 9.74. The SMILES string of the molecule is COc1ccc2c(c1)c(C(CN)C1CCCC1)cn2C. The highest BCUT2D eigenvalue weighted by molar-refractivity contribution is 5.86. The molecule has 3 nitrogen and oxygen atoms in total. The van der Waals surface area contributed by atoms with Gasteiger partial charge in [0.1, 0.15) is 5.75 Å². The molecule has 0 radical (unpaired) electrons. The van der Waals surface area contributed by atoms with Gasteiger partial charge in [-0.2, -0.15) is 0 Å². The normalized spacial score (nSPS) is 17.8. The maximum atomic E-state index is 6.11. The number of fused-ring (bicyclic) bond motifs is 1. The van der Waals surface area contributed by atoms with E-state index in [1.165, 1.54) is 42.1 Å². The number of rotatable bonds is 4. The summed E-state index contributed by atoms with van der Waals surface area (Å²) in [7, 11) is 3.84. The largest absolute Gasteiger partial charge is 0.497 e. The number of hydrogen-bond acceptors (Lipinski definition) is 2.